The van der Waals surface area contributed by atoms with E-state index in [0.717, 1.165) is 17.8 Å². The Labute approximate surface area is 161 Å². The van der Waals surface area contributed by atoms with Gasteiger partial charge in [0.25, 0.3) is 0 Å². The molecule has 7 nitrogen and oxygen atoms in total. The fourth-order valence-corrected chi connectivity index (χ4v) is 3.93. The minimum absolute atomic E-state index is 0.0788. The Kier molecular flexibility index (Phi) is 3.86. The van der Waals surface area contributed by atoms with Gasteiger partial charge < -0.3 is 9.47 Å². The van der Waals surface area contributed by atoms with Gasteiger partial charge in [-0.1, -0.05) is 36.4 Å². The third kappa shape index (κ3) is 2.63. The molecule has 0 aliphatic carbocycles. The van der Waals surface area contributed by atoms with E-state index < -0.39 is 0 Å². The van der Waals surface area contributed by atoms with Crippen LogP contribution in [0.2, 0.25) is 0 Å². The summed E-state index contributed by atoms with van der Waals surface area (Å²) in [6.07, 6.45) is 3.70. The molecule has 0 fully saturated rings. The summed E-state index contributed by atoms with van der Waals surface area (Å²) in [5.74, 6) is -0.119. The monoisotopic (exact) mass is 373 g/mol. The predicted octanol–water partition coefficient (Wildman–Crippen LogP) is 1.93. The molecule has 4 heterocycles. The first-order valence-corrected chi connectivity index (χ1v) is 9.26. The summed E-state index contributed by atoms with van der Waals surface area (Å²) in [6.45, 7) is 1.24. The lowest BCUT2D eigenvalue weighted by Gasteiger charge is -2.37. The summed E-state index contributed by atoms with van der Waals surface area (Å²) in [4.78, 5) is 27.6. The van der Waals surface area contributed by atoms with Crippen molar-refractivity contribution in [3.8, 4) is 0 Å². The number of hydrogen-bond donors (Lipinski definition) is 0. The summed E-state index contributed by atoms with van der Waals surface area (Å²) < 4.78 is 4.87. The second-order valence-corrected chi connectivity index (χ2v) is 6.90. The smallest absolute Gasteiger partial charge is 0.348 e. The molecule has 1 aliphatic heterocycles. The topological polar surface area (TPSA) is 64.5 Å². The number of rotatable bonds is 3. The SMILES string of the molecule is O=C(Cn1nc2ccccn2c1=O)N1CCn2cccc2C1c1ccccc1. The highest BCUT2D eigenvalue weighted by molar-refractivity contribution is 5.77. The normalized spacial score (nSPS) is 16.3. The average Bonchev–Trinajstić information content (AvgIpc) is 3.33. The van der Waals surface area contributed by atoms with Crippen molar-refractivity contribution in [3.05, 3.63) is 94.8 Å². The standard InChI is InChI=1S/C21H19N5O2/c27-19(15-26-21(28)24-12-5-4-10-18(24)22-26)25-14-13-23-11-6-9-17(23)20(25)16-7-2-1-3-8-16/h1-12,20H,13-15H2. The Hall–Kier alpha value is -3.61. The molecule has 28 heavy (non-hydrogen) atoms. The Balaban J connectivity index is 1.51. The van der Waals surface area contributed by atoms with E-state index in [2.05, 4.69) is 9.67 Å². The van der Waals surface area contributed by atoms with Crippen LogP contribution in [0.5, 0.6) is 0 Å². The van der Waals surface area contributed by atoms with Crippen molar-refractivity contribution in [2.45, 2.75) is 19.1 Å². The fourth-order valence-electron chi connectivity index (χ4n) is 3.93. The maximum atomic E-state index is 13.2. The lowest BCUT2D eigenvalue weighted by Crippen LogP contribution is -2.44. The summed E-state index contributed by atoms with van der Waals surface area (Å²) >= 11 is 0. The van der Waals surface area contributed by atoms with Crippen molar-refractivity contribution in [3.63, 3.8) is 0 Å². The molecular weight excluding hydrogens is 354 g/mol. The zero-order valence-corrected chi connectivity index (χ0v) is 15.2. The molecule has 0 N–H and O–H groups in total. The molecule has 1 aromatic carbocycles. The van der Waals surface area contributed by atoms with Crippen LogP contribution in [-0.2, 0) is 17.9 Å². The van der Waals surface area contributed by atoms with Crippen molar-refractivity contribution < 1.29 is 4.79 Å². The molecule has 1 aliphatic rings. The van der Waals surface area contributed by atoms with Gasteiger partial charge in [-0.25, -0.2) is 9.48 Å². The first kappa shape index (κ1) is 16.6. The summed E-state index contributed by atoms with van der Waals surface area (Å²) in [5.41, 5.74) is 2.36. The largest absolute Gasteiger partial charge is 0.350 e. The molecule has 140 valence electrons. The van der Waals surface area contributed by atoms with E-state index in [1.807, 2.05) is 59.6 Å². The van der Waals surface area contributed by atoms with Gasteiger partial charge >= 0.3 is 5.69 Å². The number of pyridine rings is 1. The van der Waals surface area contributed by atoms with Gasteiger partial charge in [0.1, 0.15) is 6.54 Å². The molecule has 7 heteroatoms. The molecular formula is C21H19N5O2. The van der Waals surface area contributed by atoms with Gasteiger partial charge in [0, 0.05) is 31.2 Å². The Bertz CT molecular complexity index is 1200. The van der Waals surface area contributed by atoms with Gasteiger partial charge in [0.2, 0.25) is 5.91 Å². The van der Waals surface area contributed by atoms with Crippen LogP contribution in [0.1, 0.15) is 17.3 Å². The van der Waals surface area contributed by atoms with E-state index in [-0.39, 0.29) is 24.2 Å². The van der Waals surface area contributed by atoms with Crippen molar-refractivity contribution in [1.82, 2.24) is 23.6 Å². The predicted molar refractivity (Wildman–Crippen MR) is 104 cm³/mol. The Morgan fingerprint density at radius 1 is 0.964 bits per heavy atom. The van der Waals surface area contributed by atoms with Crippen molar-refractivity contribution in [2.24, 2.45) is 0 Å². The number of hydrogen-bond acceptors (Lipinski definition) is 3. The van der Waals surface area contributed by atoms with E-state index in [4.69, 9.17) is 0 Å². The highest BCUT2D eigenvalue weighted by atomic mass is 16.2. The zero-order chi connectivity index (χ0) is 19.1. The number of carbonyl (C=O) groups excluding carboxylic acids is 1. The number of amides is 1. The molecule has 1 amide bonds. The van der Waals surface area contributed by atoms with Crippen molar-refractivity contribution in [1.29, 1.82) is 0 Å². The third-order valence-corrected chi connectivity index (χ3v) is 5.25. The quantitative estimate of drug-likeness (QED) is 0.551. The van der Waals surface area contributed by atoms with E-state index in [0.29, 0.717) is 12.2 Å². The first-order valence-electron chi connectivity index (χ1n) is 9.26. The molecule has 5 rings (SSSR count). The summed E-state index contributed by atoms with van der Waals surface area (Å²) in [6, 6.07) is 19.2. The van der Waals surface area contributed by atoms with Crippen molar-refractivity contribution >= 4 is 11.6 Å². The van der Waals surface area contributed by atoms with Crippen LogP contribution in [0.25, 0.3) is 5.65 Å². The number of fused-ring (bicyclic) bond motifs is 2. The van der Waals surface area contributed by atoms with Gasteiger partial charge in [0.05, 0.1) is 6.04 Å². The van der Waals surface area contributed by atoms with Crippen LogP contribution in [-0.4, -0.2) is 36.1 Å². The van der Waals surface area contributed by atoms with E-state index in [1.165, 1.54) is 9.08 Å². The summed E-state index contributed by atoms with van der Waals surface area (Å²) in [5, 5.41) is 4.29. The van der Waals surface area contributed by atoms with Gasteiger partial charge in [-0.15, -0.1) is 5.10 Å². The lowest BCUT2D eigenvalue weighted by molar-refractivity contribution is -0.134. The minimum Gasteiger partial charge on any atom is -0.348 e. The average molecular weight is 373 g/mol. The second-order valence-electron chi connectivity index (χ2n) is 6.90. The van der Waals surface area contributed by atoms with Crippen LogP contribution < -0.4 is 5.69 Å². The van der Waals surface area contributed by atoms with Crippen LogP contribution in [0.15, 0.2) is 77.9 Å². The molecule has 1 atom stereocenters. The van der Waals surface area contributed by atoms with E-state index in [9.17, 15) is 9.59 Å². The van der Waals surface area contributed by atoms with E-state index >= 15 is 0 Å². The second kappa shape index (κ2) is 6.53. The van der Waals surface area contributed by atoms with Gasteiger partial charge in [0.15, 0.2) is 5.65 Å². The highest BCUT2D eigenvalue weighted by Gasteiger charge is 2.32. The molecule has 0 radical (unpaired) electrons. The lowest BCUT2D eigenvalue weighted by atomic mass is 10.00. The number of benzene rings is 1. The van der Waals surface area contributed by atoms with Crippen LogP contribution in [0.3, 0.4) is 0 Å². The highest BCUT2D eigenvalue weighted by Crippen LogP contribution is 2.32. The summed E-state index contributed by atoms with van der Waals surface area (Å²) in [7, 11) is 0. The number of carbonyl (C=O) groups is 1. The molecule has 0 spiro atoms. The Morgan fingerprint density at radius 3 is 2.61 bits per heavy atom. The fraction of sp³-hybridized carbons (Fsp3) is 0.190. The zero-order valence-electron chi connectivity index (χ0n) is 15.2. The maximum absolute atomic E-state index is 13.2. The van der Waals surface area contributed by atoms with Crippen LogP contribution >= 0.6 is 0 Å². The molecule has 1 unspecified atom stereocenters. The van der Waals surface area contributed by atoms with Crippen molar-refractivity contribution in [2.75, 3.05) is 6.54 Å². The molecule has 0 saturated carbocycles. The Morgan fingerprint density at radius 2 is 1.79 bits per heavy atom. The number of nitrogens with zero attached hydrogens (tertiary/aromatic N) is 5. The molecule has 0 saturated heterocycles. The van der Waals surface area contributed by atoms with Gasteiger partial charge in [-0.3, -0.25) is 9.20 Å². The van der Waals surface area contributed by atoms with Gasteiger partial charge in [-0.2, -0.15) is 0 Å². The van der Waals surface area contributed by atoms with Gasteiger partial charge in [-0.05, 0) is 29.8 Å². The van der Waals surface area contributed by atoms with Crippen LogP contribution in [0, 0.1) is 0 Å². The molecule has 0 bridgehead atoms. The van der Waals surface area contributed by atoms with Crippen LogP contribution in [0.4, 0.5) is 0 Å². The number of aromatic nitrogens is 4. The maximum Gasteiger partial charge on any atom is 0.350 e. The minimum atomic E-state index is -0.305. The molecule has 3 aromatic heterocycles. The molecule has 4 aromatic rings. The third-order valence-electron chi connectivity index (χ3n) is 5.25. The van der Waals surface area contributed by atoms with E-state index in [1.54, 1.807) is 18.3 Å². The first-order chi connectivity index (χ1) is 13.7.